The number of hydrogen-bond acceptors (Lipinski definition) is 5. The SMILES string of the molecule is Cl.OC1CCN(CCOc2cc(F)c(N3CCNCC3)c(F)c2)C1. The Morgan fingerprint density at radius 2 is 1.83 bits per heavy atom. The molecule has 3 rings (SSSR count). The van der Waals surface area contributed by atoms with E-state index in [9.17, 15) is 13.9 Å². The van der Waals surface area contributed by atoms with Crippen LogP contribution in [0.15, 0.2) is 12.1 Å². The Kier molecular flexibility index (Phi) is 7.03. The van der Waals surface area contributed by atoms with Gasteiger partial charge in [0, 0.05) is 57.9 Å². The Hall–Kier alpha value is -1.15. The molecule has 5 nitrogen and oxygen atoms in total. The van der Waals surface area contributed by atoms with Crippen molar-refractivity contribution in [1.29, 1.82) is 0 Å². The topological polar surface area (TPSA) is 48.0 Å². The van der Waals surface area contributed by atoms with Crippen molar-refractivity contribution >= 4 is 18.1 Å². The van der Waals surface area contributed by atoms with Gasteiger partial charge >= 0.3 is 0 Å². The molecule has 2 saturated heterocycles. The van der Waals surface area contributed by atoms with Crippen LogP contribution >= 0.6 is 12.4 Å². The first-order chi connectivity index (χ1) is 11.1. The van der Waals surface area contributed by atoms with Gasteiger partial charge in [0.2, 0.25) is 0 Å². The van der Waals surface area contributed by atoms with Gasteiger partial charge in [-0.05, 0) is 6.42 Å². The quantitative estimate of drug-likeness (QED) is 0.824. The summed E-state index contributed by atoms with van der Waals surface area (Å²) < 4.78 is 34.0. The number of nitrogens with one attached hydrogen (secondary N) is 1. The monoisotopic (exact) mass is 363 g/mol. The van der Waals surface area contributed by atoms with Crippen molar-refractivity contribution in [3.8, 4) is 5.75 Å². The van der Waals surface area contributed by atoms with Crippen LogP contribution in [0, 0.1) is 11.6 Å². The van der Waals surface area contributed by atoms with E-state index < -0.39 is 11.6 Å². The Morgan fingerprint density at radius 1 is 1.17 bits per heavy atom. The number of hydrogen-bond donors (Lipinski definition) is 2. The molecule has 2 aliphatic heterocycles. The highest BCUT2D eigenvalue weighted by Crippen LogP contribution is 2.28. The summed E-state index contributed by atoms with van der Waals surface area (Å²) in [6.45, 7) is 5.07. The van der Waals surface area contributed by atoms with E-state index in [4.69, 9.17) is 4.74 Å². The molecule has 8 heteroatoms. The number of aliphatic hydroxyl groups is 1. The van der Waals surface area contributed by atoms with Crippen LogP contribution in [0.1, 0.15) is 6.42 Å². The summed E-state index contributed by atoms with van der Waals surface area (Å²) in [6.07, 6.45) is 0.492. The van der Waals surface area contributed by atoms with E-state index in [2.05, 4.69) is 10.2 Å². The molecule has 0 aromatic heterocycles. The Labute approximate surface area is 147 Å². The molecule has 0 saturated carbocycles. The van der Waals surface area contributed by atoms with Crippen molar-refractivity contribution in [3.63, 3.8) is 0 Å². The van der Waals surface area contributed by atoms with Gasteiger partial charge in [-0.2, -0.15) is 0 Å². The second-order valence-corrected chi connectivity index (χ2v) is 6.06. The minimum atomic E-state index is -0.585. The fourth-order valence-electron chi connectivity index (χ4n) is 3.12. The predicted molar refractivity (Wildman–Crippen MR) is 91.2 cm³/mol. The minimum Gasteiger partial charge on any atom is -0.492 e. The van der Waals surface area contributed by atoms with Gasteiger partial charge in [-0.3, -0.25) is 4.90 Å². The molecule has 2 heterocycles. The highest BCUT2D eigenvalue weighted by Gasteiger charge is 2.21. The summed E-state index contributed by atoms with van der Waals surface area (Å²) in [5.74, 6) is -0.962. The van der Waals surface area contributed by atoms with Crippen LogP contribution in [0.2, 0.25) is 0 Å². The molecule has 0 aliphatic carbocycles. The van der Waals surface area contributed by atoms with Crippen LogP contribution in [-0.2, 0) is 0 Å². The Bertz CT molecular complexity index is 521. The summed E-state index contributed by atoms with van der Waals surface area (Å²) >= 11 is 0. The summed E-state index contributed by atoms with van der Waals surface area (Å²) in [4.78, 5) is 3.79. The average molecular weight is 364 g/mol. The van der Waals surface area contributed by atoms with Gasteiger partial charge < -0.3 is 20.1 Å². The Morgan fingerprint density at radius 3 is 2.42 bits per heavy atom. The fourth-order valence-corrected chi connectivity index (χ4v) is 3.12. The molecule has 1 aromatic rings. The number of nitrogens with zero attached hydrogens (tertiary/aromatic N) is 2. The molecule has 136 valence electrons. The maximum Gasteiger partial charge on any atom is 0.153 e. The number of halogens is 3. The molecule has 1 aromatic carbocycles. The molecule has 0 radical (unpaired) electrons. The number of β-amino-alcohol motifs (C(OH)–C–C–N with tert-alkyl or cyclic N) is 1. The third kappa shape index (κ3) is 4.69. The van der Waals surface area contributed by atoms with Gasteiger partial charge in [-0.15, -0.1) is 12.4 Å². The molecule has 0 bridgehead atoms. The van der Waals surface area contributed by atoms with Crippen LogP contribution in [0.25, 0.3) is 0 Å². The molecule has 1 atom stereocenters. The number of anilines is 1. The van der Waals surface area contributed by atoms with E-state index in [1.54, 1.807) is 4.90 Å². The van der Waals surface area contributed by atoms with Gasteiger partial charge in [-0.25, -0.2) is 8.78 Å². The van der Waals surface area contributed by atoms with E-state index in [-0.39, 0.29) is 29.9 Å². The molecular formula is C16H24ClF2N3O2. The van der Waals surface area contributed by atoms with E-state index in [0.717, 1.165) is 26.1 Å². The number of ether oxygens (including phenoxy) is 1. The fraction of sp³-hybridized carbons (Fsp3) is 0.625. The number of benzene rings is 1. The van der Waals surface area contributed by atoms with E-state index >= 15 is 0 Å². The van der Waals surface area contributed by atoms with Gasteiger partial charge in [-0.1, -0.05) is 0 Å². The van der Waals surface area contributed by atoms with E-state index in [0.29, 0.717) is 32.8 Å². The van der Waals surface area contributed by atoms with Crippen LogP contribution in [0.5, 0.6) is 5.75 Å². The van der Waals surface area contributed by atoms with Crippen molar-refractivity contribution in [2.45, 2.75) is 12.5 Å². The third-order valence-electron chi connectivity index (χ3n) is 4.35. The first kappa shape index (κ1) is 19.2. The number of piperazine rings is 1. The zero-order valence-corrected chi connectivity index (χ0v) is 14.3. The van der Waals surface area contributed by atoms with Gasteiger partial charge in [0.25, 0.3) is 0 Å². The van der Waals surface area contributed by atoms with Crippen LogP contribution in [-0.4, -0.2) is 68.5 Å². The molecule has 0 spiro atoms. The smallest absolute Gasteiger partial charge is 0.153 e. The molecule has 1 unspecified atom stereocenters. The summed E-state index contributed by atoms with van der Waals surface area (Å²) in [5, 5.41) is 12.6. The summed E-state index contributed by atoms with van der Waals surface area (Å²) in [5.41, 5.74) is 0.0292. The highest BCUT2D eigenvalue weighted by atomic mass is 35.5. The average Bonchev–Trinajstić information content (AvgIpc) is 2.93. The van der Waals surface area contributed by atoms with Gasteiger partial charge in [0.05, 0.1) is 6.10 Å². The number of rotatable bonds is 5. The molecule has 2 aliphatic rings. The summed E-state index contributed by atoms with van der Waals surface area (Å²) in [6, 6.07) is 2.50. The zero-order chi connectivity index (χ0) is 16.2. The highest BCUT2D eigenvalue weighted by molar-refractivity contribution is 5.85. The lowest BCUT2D eigenvalue weighted by molar-refractivity contribution is 0.167. The largest absolute Gasteiger partial charge is 0.492 e. The second-order valence-electron chi connectivity index (χ2n) is 6.06. The van der Waals surface area contributed by atoms with Crippen molar-refractivity contribution in [1.82, 2.24) is 10.2 Å². The first-order valence-electron chi connectivity index (χ1n) is 8.11. The normalized spacial score (nSPS) is 21.6. The predicted octanol–water partition coefficient (Wildman–Crippen LogP) is 1.24. The zero-order valence-electron chi connectivity index (χ0n) is 13.5. The van der Waals surface area contributed by atoms with Crippen molar-refractivity contribution in [2.24, 2.45) is 0 Å². The van der Waals surface area contributed by atoms with Crippen molar-refractivity contribution in [3.05, 3.63) is 23.8 Å². The maximum atomic E-state index is 14.2. The number of aliphatic hydroxyl groups excluding tert-OH is 1. The lowest BCUT2D eigenvalue weighted by atomic mass is 10.2. The molecule has 24 heavy (non-hydrogen) atoms. The molecule has 2 fully saturated rings. The molecule has 0 amide bonds. The second kappa shape index (κ2) is 8.80. The maximum absolute atomic E-state index is 14.2. The van der Waals surface area contributed by atoms with Crippen molar-refractivity contribution < 1.29 is 18.6 Å². The first-order valence-corrected chi connectivity index (χ1v) is 8.11. The van der Waals surface area contributed by atoms with Gasteiger partial charge in [0.1, 0.15) is 18.0 Å². The number of likely N-dealkylation sites (tertiary alicyclic amines) is 1. The Balaban J connectivity index is 0.00000208. The molecule has 2 N–H and O–H groups in total. The van der Waals surface area contributed by atoms with E-state index in [1.807, 2.05) is 0 Å². The van der Waals surface area contributed by atoms with Gasteiger partial charge in [0.15, 0.2) is 11.6 Å². The lowest BCUT2D eigenvalue weighted by Crippen LogP contribution is -2.44. The standard InChI is InChI=1S/C16H23F2N3O2.ClH/c17-14-9-13(23-8-7-20-4-1-12(22)11-20)10-15(18)16(14)21-5-2-19-3-6-21;/h9-10,12,19,22H,1-8,11H2;1H. The van der Waals surface area contributed by atoms with Crippen LogP contribution in [0.4, 0.5) is 14.5 Å². The van der Waals surface area contributed by atoms with Crippen LogP contribution in [0.3, 0.4) is 0 Å². The van der Waals surface area contributed by atoms with E-state index in [1.165, 1.54) is 12.1 Å². The minimum absolute atomic E-state index is 0. The van der Waals surface area contributed by atoms with Crippen molar-refractivity contribution in [2.75, 3.05) is 57.3 Å². The van der Waals surface area contributed by atoms with Crippen LogP contribution < -0.4 is 15.0 Å². The third-order valence-corrected chi connectivity index (χ3v) is 4.35. The summed E-state index contributed by atoms with van der Waals surface area (Å²) in [7, 11) is 0. The lowest BCUT2D eigenvalue weighted by Gasteiger charge is -2.30. The molecular weight excluding hydrogens is 340 g/mol.